The number of ether oxygens (including phenoxy) is 1. The third kappa shape index (κ3) is 1.67. The molecule has 1 aliphatic rings. The molecule has 1 aromatic carbocycles. The molecular weight excluding hydrogens is 228 g/mol. The minimum atomic E-state index is -0.545. The van der Waals surface area contributed by atoms with Crippen molar-refractivity contribution in [2.24, 2.45) is 5.41 Å². The number of methoxy groups -OCH3 is 1. The van der Waals surface area contributed by atoms with Crippen LogP contribution in [-0.4, -0.2) is 18.9 Å². The normalized spacial score (nSPS) is 21.6. The zero-order valence-electron chi connectivity index (χ0n) is 10.9. The summed E-state index contributed by atoms with van der Waals surface area (Å²) in [6.07, 6.45) is 0.599. The first kappa shape index (κ1) is 12.6. The number of rotatable bonds is 2. The number of hydrogen-bond acceptors (Lipinski definition) is 3. The van der Waals surface area contributed by atoms with Gasteiger partial charge in [-0.05, 0) is 38.0 Å². The van der Waals surface area contributed by atoms with E-state index in [9.17, 15) is 9.59 Å². The number of Topliss-reactive ketones (excluding diaryl/α,β-unsaturated/α-hetero) is 1. The van der Waals surface area contributed by atoms with Crippen molar-refractivity contribution in [3.63, 3.8) is 0 Å². The summed E-state index contributed by atoms with van der Waals surface area (Å²) in [6, 6.07) is 5.08. The average molecular weight is 244 g/mol. The second-order valence-electron chi connectivity index (χ2n) is 4.98. The molecule has 1 atom stereocenters. The zero-order valence-corrected chi connectivity index (χ0v) is 10.9. The third-order valence-corrected chi connectivity index (χ3v) is 3.76. The molecule has 0 aromatic heterocycles. The molecule has 1 aromatic rings. The van der Waals surface area contributed by atoms with Gasteiger partial charge < -0.3 is 4.74 Å². The first-order chi connectivity index (χ1) is 8.40. The number of hydrogen-bond donors (Lipinski definition) is 0. The van der Waals surface area contributed by atoms with Gasteiger partial charge in [-0.1, -0.05) is 18.2 Å². The van der Waals surface area contributed by atoms with Crippen LogP contribution in [0.3, 0.4) is 0 Å². The van der Waals surface area contributed by atoms with Gasteiger partial charge in [0, 0.05) is 5.56 Å². The fourth-order valence-corrected chi connectivity index (χ4v) is 2.31. The fraction of sp³-hybridized carbons (Fsp3) is 0.333. The number of ketones is 1. The van der Waals surface area contributed by atoms with E-state index in [1.165, 1.54) is 7.11 Å². The van der Waals surface area contributed by atoms with Crippen molar-refractivity contribution in [2.75, 3.05) is 7.11 Å². The van der Waals surface area contributed by atoms with Crippen LogP contribution in [0, 0.1) is 5.41 Å². The number of esters is 1. The molecule has 1 aliphatic carbocycles. The summed E-state index contributed by atoms with van der Waals surface area (Å²) >= 11 is 0. The van der Waals surface area contributed by atoms with Crippen LogP contribution < -0.4 is 0 Å². The molecule has 94 valence electrons. The minimum absolute atomic E-state index is 0.0846. The molecule has 0 aliphatic heterocycles. The van der Waals surface area contributed by atoms with Crippen molar-refractivity contribution in [1.29, 1.82) is 0 Å². The smallest absolute Gasteiger partial charge is 0.337 e. The lowest BCUT2D eigenvalue weighted by molar-refractivity contribution is 0.0600. The molecule has 0 spiro atoms. The predicted octanol–water partition coefficient (Wildman–Crippen LogP) is 2.79. The van der Waals surface area contributed by atoms with Gasteiger partial charge in [0.2, 0.25) is 0 Å². The maximum Gasteiger partial charge on any atom is 0.337 e. The maximum atomic E-state index is 12.3. The standard InChI is InChI=1S/C15H16O3/c1-9(2)15(3)8-11-7-10(14(17)18-4)5-6-12(11)13(15)16/h5-7H,1,8H2,2-4H3/t15-/m0/s1. The number of carbonyl (C=O) groups is 2. The van der Waals surface area contributed by atoms with Crippen molar-refractivity contribution in [2.45, 2.75) is 20.3 Å². The molecule has 3 heteroatoms. The molecule has 0 fully saturated rings. The molecule has 2 rings (SSSR count). The monoisotopic (exact) mass is 244 g/mol. The van der Waals surface area contributed by atoms with Gasteiger partial charge in [-0.3, -0.25) is 4.79 Å². The van der Waals surface area contributed by atoms with E-state index in [1.807, 2.05) is 13.8 Å². The first-order valence-corrected chi connectivity index (χ1v) is 5.82. The Hall–Kier alpha value is -1.90. The van der Waals surface area contributed by atoms with Gasteiger partial charge in [-0.2, -0.15) is 0 Å². The topological polar surface area (TPSA) is 43.4 Å². The zero-order chi connectivity index (χ0) is 13.5. The van der Waals surface area contributed by atoms with E-state index in [4.69, 9.17) is 0 Å². The molecule has 18 heavy (non-hydrogen) atoms. The summed E-state index contributed by atoms with van der Waals surface area (Å²) in [5.41, 5.74) is 2.37. The van der Waals surface area contributed by atoms with Crippen LogP contribution in [0.1, 0.15) is 40.1 Å². The van der Waals surface area contributed by atoms with E-state index in [0.29, 0.717) is 17.5 Å². The first-order valence-electron chi connectivity index (χ1n) is 5.82. The van der Waals surface area contributed by atoms with Gasteiger partial charge in [0.25, 0.3) is 0 Å². The Labute approximate surface area is 106 Å². The van der Waals surface area contributed by atoms with Gasteiger partial charge in [-0.15, -0.1) is 0 Å². The Morgan fingerprint density at radius 3 is 2.67 bits per heavy atom. The van der Waals surface area contributed by atoms with Gasteiger partial charge in [-0.25, -0.2) is 4.79 Å². The Bertz CT molecular complexity index is 557. The molecule has 0 saturated heterocycles. The average Bonchev–Trinajstić information content (AvgIpc) is 2.61. The fourth-order valence-electron chi connectivity index (χ4n) is 2.31. The Balaban J connectivity index is 2.47. The molecular formula is C15H16O3. The highest BCUT2D eigenvalue weighted by Crippen LogP contribution is 2.41. The predicted molar refractivity (Wildman–Crippen MR) is 68.7 cm³/mol. The highest BCUT2D eigenvalue weighted by atomic mass is 16.5. The van der Waals surface area contributed by atoms with E-state index < -0.39 is 5.41 Å². The van der Waals surface area contributed by atoms with Gasteiger partial charge in [0.15, 0.2) is 5.78 Å². The molecule has 0 bridgehead atoms. The number of benzene rings is 1. The molecule has 0 N–H and O–H groups in total. The number of allylic oxidation sites excluding steroid dienone is 1. The summed E-state index contributed by atoms with van der Waals surface area (Å²) in [5, 5.41) is 0. The molecule has 0 heterocycles. The van der Waals surface area contributed by atoms with Crippen LogP contribution in [0.15, 0.2) is 30.4 Å². The summed E-state index contributed by atoms with van der Waals surface area (Å²) in [7, 11) is 1.35. The van der Waals surface area contributed by atoms with Crippen LogP contribution in [0.2, 0.25) is 0 Å². The Morgan fingerprint density at radius 2 is 2.11 bits per heavy atom. The Kier molecular flexibility index (Phi) is 2.85. The van der Waals surface area contributed by atoms with Crippen molar-refractivity contribution in [3.8, 4) is 0 Å². The second-order valence-corrected chi connectivity index (χ2v) is 4.98. The van der Waals surface area contributed by atoms with Crippen LogP contribution in [0.5, 0.6) is 0 Å². The summed E-state index contributed by atoms with van der Waals surface area (Å²) in [5.74, 6) is -0.296. The lowest BCUT2D eigenvalue weighted by Gasteiger charge is -2.21. The third-order valence-electron chi connectivity index (χ3n) is 3.76. The van der Waals surface area contributed by atoms with Gasteiger partial charge >= 0.3 is 5.97 Å². The van der Waals surface area contributed by atoms with Crippen LogP contribution in [0.25, 0.3) is 0 Å². The molecule has 3 nitrogen and oxygen atoms in total. The largest absolute Gasteiger partial charge is 0.465 e. The summed E-state index contributed by atoms with van der Waals surface area (Å²) in [6.45, 7) is 7.67. The SMILES string of the molecule is C=C(C)[C@]1(C)Cc2cc(C(=O)OC)ccc2C1=O. The Morgan fingerprint density at radius 1 is 1.44 bits per heavy atom. The van der Waals surface area contributed by atoms with Crippen LogP contribution >= 0.6 is 0 Å². The van der Waals surface area contributed by atoms with Crippen molar-refractivity contribution >= 4 is 11.8 Å². The van der Waals surface area contributed by atoms with Crippen LogP contribution in [0.4, 0.5) is 0 Å². The second kappa shape index (κ2) is 4.09. The van der Waals surface area contributed by atoms with Gasteiger partial charge in [0.05, 0.1) is 18.1 Å². The minimum Gasteiger partial charge on any atom is -0.465 e. The molecule has 0 saturated carbocycles. The molecule has 0 unspecified atom stereocenters. The summed E-state index contributed by atoms with van der Waals surface area (Å²) in [4.78, 5) is 23.8. The maximum absolute atomic E-state index is 12.3. The van der Waals surface area contributed by atoms with E-state index >= 15 is 0 Å². The highest BCUT2D eigenvalue weighted by Gasteiger charge is 2.42. The van der Waals surface area contributed by atoms with E-state index in [0.717, 1.165) is 11.1 Å². The summed E-state index contributed by atoms with van der Waals surface area (Å²) < 4.78 is 4.68. The van der Waals surface area contributed by atoms with E-state index in [2.05, 4.69) is 11.3 Å². The molecule has 0 amide bonds. The quantitative estimate of drug-likeness (QED) is 0.593. The lowest BCUT2D eigenvalue weighted by atomic mass is 9.80. The van der Waals surface area contributed by atoms with E-state index in [1.54, 1.807) is 18.2 Å². The van der Waals surface area contributed by atoms with Crippen molar-refractivity contribution in [3.05, 3.63) is 47.0 Å². The van der Waals surface area contributed by atoms with Crippen molar-refractivity contribution < 1.29 is 14.3 Å². The van der Waals surface area contributed by atoms with Crippen LogP contribution in [-0.2, 0) is 11.2 Å². The van der Waals surface area contributed by atoms with Crippen molar-refractivity contribution in [1.82, 2.24) is 0 Å². The lowest BCUT2D eigenvalue weighted by Crippen LogP contribution is -2.24. The number of carbonyl (C=O) groups excluding carboxylic acids is 2. The molecule has 0 radical (unpaired) electrons. The highest BCUT2D eigenvalue weighted by molar-refractivity contribution is 6.07. The van der Waals surface area contributed by atoms with Gasteiger partial charge in [0.1, 0.15) is 0 Å². The number of fused-ring (bicyclic) bond motifs is 1. The van der Waals surface area contributed by atoms with E-state index in [-0.39, 0.29) is 11.8 Å².